The molecule has 1 N–H and O–H groups in total. The molecule has 3 aromatic rings. The molecule has 0 bridgehead atoms. The highest BCUT2D eigenvalue weighted by Gasteiger charge is 2.26. The Morgan fingerprint density at radius 2 is 2.00 bits per heavy atom. The van der Waals surface area contributed by atoms with Crippen LogP contribution in [0, 0.1) is 5.82 Å². The maximum absolute atomic E-state index is 14.0. The predicted molar refractivity (Wildman–Crippen MR) is 108 cm³/mol. The highest BCUT2D eigenvalue weighted by atomic mass is 19.1. The highest BCUT2D eigenvalue weighted by Crippen LogP contribution is 2.35. The van der Waals surface area contributed by atoms with Crippen molar-refractivity contribution in [2.45, 2.75) is 25.7 Å². The lowest BCUT2D eigenvalue weighted by molar-refractivity contribution is -0.135. The number of morpholine rings is 1. The normalized spacial score (nSPS) is 15.7. The van der Waals surface area contributed by atoms with E-state index in [0.717, 1.165) is 28.5 Å². The van der Waals surface area contributed by atoms with E-state index in [4.69, 9.17) is 4.74 Å². The second-order valence-corrected chi connectivity index (χ2v) is 7.24. The SMILES string of the molecule is CCc1cccc2c(C(CC(=O)N3CCOCC3)c3cccc(F)c3)c[nH]c12. The third-order valence-electron chi connectivity index (χ3n) is 5.58. The van der Waals surface area contributed by atoms with E-state index >= 15 is 0 Å². The summed E-state index contributed by atoms with van der Waals surface area (Å²) >= 11 is 0. The molecule has 2 heterocycles. The summed E-state index contributed by atoms with van der Waals surface area (Å²) in [5.41, 5.74) is 4.20. The van der Waals surface area contributed by atoms with E-state index in [2.05, 4.69) is 24.0 Å². The van der Waals surface area contributed by atoms with Crippen LogP contribution in [0.5, 0.6) is 0 Å². The molecule has 1 amide bonds. The quantitative estimate of drug-likeness (QED) is 0.719. The van der Waals surface area contributed by atoms with Crippen molar-refractivity contribution in [2.75, 3.05) is 26.3 Å². The summed E-state index contributed by atoms with van der Waals surface area (Å²) in [4.78, 5) is 18.2. The average Bonchev–Trinajstić information content (AvgIpc) is 3.16. The Bertz CT molecular complexity index is 976. The molecule has 1 atom stereocenters. The van der Waals surface area contributed by atoms with Crippen LogP contribution >= 0.6 is 0 Å². The molecule has 28 heavy (non-hydrogen) atoms. The van der Waals surface area contributed by atoms with Crippen LogP contribution in [0.1, 0.15) is 36.0 Å². The van der Waals surface area contributed by atoms with E-state index in [1.165, 1.54) is 11.6 Å². The average molecular weight is 380 g/mol. The molecule has 0 spiro atoms. The van der Waals surface area contributed by atoms with Gasteiger partial charge in [0.15, 0.2) is 0 Å². The Morgan fingerprint density at radius 3 is 2.75 bits per heavy atom. The maximum atomic E-state index is 14.0. The first-order valence-electron chi connectivity index (χ1n) is 9.87. The van der Waals surface area contributed by atoms with E-state index in [9.17, 15) is 9.18 Å². The zero-order chi connectivity index (χ0) is 19.5. The second-order valence-electron chi connectivity index (χ2n) is 7.24. The number of ether oxygens (including phenoxy) is 1. The number of aryl methyl sites for hydroxylation is 1. The Hall–Kier alpha value is -2.66. The van der Waals surface area contributed by atoms with Gasteiger partial charge < -0.3 is 14.6 Å². The van der Waals surface area contributed by atoms with Crippen molar-refractivity contribution in [1.82, 2.24) is 9.88 Å². The fraction of sp³-hybridized carbons (Fsp3) is 0.348. The monoisotopic (exact) mass is 380 g/mol. The first-order valence-corrected chi connectivity index (χ1v) is 9.87. The van der Waals surface area contributed by atoms with Gasteiger partial charge in [-0.2, -0.15) is 0 Å². The number of hydrogen-bond acceptors (Lipinski definition) is 2. The Balaban J connectivity index is 1.74. The highest BCUT2D eigenvalue weighted by molar-refractivity contribution is 5.88. The molecule has 2 aromatic carbocycles. The number of fused-ring (bicyclic) bond motifs is 1. The molecule has 1 aliphatic rings. The molecule has 4 nitrogen and oxygen atoms in total. The lowest BCUT2D eigenvalue weighted by atomic mass is 9.87. The molecule has 0 aliphatic carbocycles. The molecule has 1 fully saturated rings. The van der Waals surface area contributed by atoms with Crippen LogP contribution in [0.15, 0.2) is 48.7 Å². The van der Waals surface area contributed by atoms with Crippen LogP contribution in [0.25, 0.3) is 10.9 Å². The van der Waals surface area contributed by atoms with Crippen molar-refractivity contribution in [2.24, 2.45) is 0 Å². The van der Waals surface area contributed by atoms with Gasteiger partial charge in [-0.1, -0.05) is 37.3 Å². The summed E-state index contributed by atoms with van der Waals surface area (Å²) in [5, 5.41) is 1.10. The van der Waals surface area contributed by atoms with E-state index < -0.39 is 0 Å². The zero-order valence-corrected chi connectivity index (χ0v) is 16.1. The third-order valence-corrected chi connectivity index (χ3v) is 5.58. The van der Waals surface area contributed by atoms with Crippen LogP contribution in [-0.2, 0) is 16.0 Å². The molecule has 1 aliphatic heterocycles. The van der Waals surface area contributed by atoms with Gasteiger partial charge in [0.05, 0.1) is 13.2 Å². The van der Waals surface area contributed by atoms with Gasteiger partial charge in [-0.3, -0.25) is 4.79 Å². The van der Waals surface area contributed by atoms with Crippen molar-refractivity contribution in [3.63, 3.8) is 0 Å². The molecular weight excluding hydrogens is 355 g/mol. The minimum atomic E-state index is -0.282. The summed E-state index contributed by atoms with van der Waals surface area (Å²) in [7, 11) is 0. The number of carbonyl (C=O) groups is 1. The first-order chi connectivity index (χ1) is 13.7. The molecule has 146 valence electrons. The first kappa shape index (κ1) is 18.7. The number of carbonyl (C=O) groups excluding carboxylic acids is 1. The summed E-state index contributed by atoms with van der Waals surface area (Å²) in [5.74, 6) is -0.402. The number of halogens is 1. The van der Waals surface area contributed by atoms with Crippen molar-refractivity contribution >= 4 is 16.8 Å². The Kier molecular flexibility index (Phi) is 5.44. The fourth-order valence-electron chi connectivity index (χ4n) is 4.07. The maximum Gasteiger partial charge on any atom is 0.223 e. The van der Waals surface area contributed by atoms with Crippen molar-refractivity contribution in [3.8, 4) is 0 Å². The van der Waals surface area contributed by atoms with Gasteiger partial charge in [0.1, 0.15) is 5.82 Å². The molecule has 4 rings (SSSR count). The summed E-state index contributed by atoms with van der Waals surface area (Å²) in [6, 6.07) is 12.8. The zero-order valence-electron chi connectivity index (χ0n) is 16.1. The summed E-state index contributed by atoms with van der Waals surface area (Å²) in [6.07, 6.45) is 3.22. The minimum Gasteiger partial charge on any atom is -0.378 e. The third kappa shape index (κ3) is 3.67. The van der Waals surface area contributed by atoms with E-state index in [1.54, 1.807) is 12.1 Å². The van der Waals surface area contributed by atoms with Gasteiger partial charge in [0.2, 0.25) is 5.91 Å². The lowest BCUT2D eigenvalue weighted by Crippen LogP contribution is -2.41. The Morgan fingerprint density at radius 1 is 1.21 bits per heavy atom. The van der Waals surface area contributed by atoms with E-state index in [0.29, 0.717) is 32.7 Å². The lowest BCUT2D eigenvalue weighted by Gasteiger charge is -2.28. The van der Waals surface area contributed by atoms with Gasteiger partial charge in [0.25, 0.3) is 0 Å². The Labute approximate surface area is 164 Å². The van der Waals surface area contributed by atoms with Crippen molar-refractivity contribution in [1.29, 1.82) is 0 Å². The number of rotatable bonds is 5. The number of hydrogen-bond donors (Lipinski definition) is 1. The fourth-order valence-corrected chi connectivity index (χ4v) is 4.07. The molecule has 1 unspecified atom stereocenters. The number of nitrogens with one attached hydrogen (secondary N) is 1. The van der Waals surface area contributed by atoms with Crippen LogP contribution in [-0.4, -0.2) is 42.1 Å². The van der Waals surface area contributed by atoms with Gasteiger partial charge in [-0.05, 0) is 35.2 Å². The number of amides is 1. The largest absolute Gasteiger partial charge is 0.378 e. The minimum absolute atomic E-state index is 0.0820. The number of H-pyrrole nitrogens is 1. The van der Waals surface area contributed by atoms with Gasteiger partial charge in [-0.25, -0.2) is 4.39 Å². The predicted octanol–water partition coefficient (Wildman–Crippen LogP) is 4.25. The van der Waals surface area contributed by atoms with Gasteiger partial charge >= 0.3 is 0 Å². The molecule has 1 saturated heterocycles. The topological polar surface area (TPSA) is 45.3 Å². The van der Waals surface area contributed by atoms with Gasteiger partial charge in [0, 0.05) is 42.5 Å². The number of aromatic amines is 1. The smallest absolute Gasteiger partial charge is 0.223 e. The van der Waals surface area contributed by atoms with Crippen molar-refractivity contribution in [3.05, 3.63) is 71.2 Å². The van der Waals surface area contributed by atoms with Crippen LogP contribution in [0.2, 0.25) is 0 Å². The van der Waals surface area contributed by atoms with Crippen LogP contribution < -0.4 is 0 Å². The number of para-hydroxylation sites is 1. The summed E-state index contributed by atoms with van der Waals surface area (Å²) in [6.45, 7) is 4.50. The van der Waals surface area contributed by atoms with Gasteiger partial charge in [-0.15, -0.1) is 0 Å². The standard InChI is InChI=1S/C23H25FN2O2/c1-2-16-5-4-8-19-21(15-25-23(16)19)20(17-6-3-7-18(24)13-17)14-22(27)26-9-11-28-12-10-26/h3-8,13,15,20,25H,2,9-12,14H2,1H3. The summed E-state index contributed by atoms with van der Waals surface area (Å²) < 4.78 is 19.3. The molecule has 5 heteroatoms. The van der Waals surface area contributed by atoms with Crippen molar-refractivity contribution < 1.29 is 13.9 Å². The molecular formula is C23H25FN2O2. The number of benzene rings is 2. The molecule has 0 saturated carbocycles. The van der Waals surface area contributed by atoms with E-state index in [1.807, 2.05) is 23.2 Å². The van der Waals surface area contributed by atoms with E-state index in [-0.39, 0.29) is 17.6 Å². The number of nitrogens with zero attached hydrogens (tertiary/aromatic N) is 1. The van der Waals surface area contributed by atoms with Crippen LogP contribution in [0.3, 0.4) is 0 Å². The number of aromatic nitrogens is 1. The van der Waals surface area contributed by atoms with Crippen LogP contribution in [0.4, 0.5) is 4.39 Å². The molecule has 1 aromatic heterocycles. The second kappa shape index (κ2) is 8.15. The molecule has 0 radical (unpaired) electrons.